The van der Waals surface area contributed by atoms with E-state index in [1.54, 1.807) is 23.2 Å². The summed E-state index contributed by atoms with van der Waals surface area (Å²) in [6.07, 6.45) is 3.59. The van der Waals surface area contributed by atoms with Gasteiger partial charge in [-0.15, -0.1) is 5.10 Å². The Labute approximate surface area is 105 Å². The van der Waals surface area contributed by atoms with Crippen molar-refractivity contribution < 1.29 is 4.79 Å². The summed E-state index contributed by atoms with van der Waals surface area (Å²) in [5, 5.41) is 7.64. The number of fused-ring (bicyclic) bond motifs is 1. The summed E-state index contributed by atoms with van der Waals surface area (Å²) in [7, 11) is 0. The maximum atomic E-state index is 12.4. The molecule has 90 valence electrons. The monoisotopic (exact) mass is 239 g/mol. The summed E-state index contributed by atoms with van der Waals surface area (Å²) in [5.41, 5.74) is 2.62. The minimum atomic E-state index is -0.0738. The first-order valence-corrected chi connectivity index (χ1v) is 6.04. The van der Waals surface area contributed by atoms with E-state index in [1.807, 2.05) is 18.2 Å². The van der Waals surface area contributed by atoms with Gasteiger partial charge in [-0.3, -0.25) is 4.79 Å². The fourth-order valence-electron chi connectivity index (χ4n) is 2.30. The van der Waals surface area contributed by atoms with Gasteiger partial charge in [-0.25, -0.2) is 0 Å². The molecule has 0 bridgehead atoms. The zero-order valence-electron chi connectivity index (χ0n) is 9.91. The number of carbonyl (C=O) groups is 1. The van der Waals surface area contributed by atoms with E-state index in [-0.39, 0.29) is 5.91 Å². The maximum Gasteiger partial charge on any atom is 0.278 e. The summed E-state index contributed by atoms with van der Waals surface area (Å²) in [6.45, 7) is 0.742. The molecular weight excluding hydrogens is 226 g/mol. The van der Waals surface area contributed by atoms with Crippen molar-refractivity contribution in [2.75, 3.05) is 11.4 Å². The van der Waals surface area contributed by atoms with Crippen LogP contribution < -0.4 is 4.90 Å². The lowest BCUT2D eigenvalue weighted by Gasteiger charge is -2.28. The molecule has 1 amide bonds. The zero-order valence-corrected chi connectivity index (χ0v) is 9.91. The van der Waals surface area contributed by atoms with Gasteiger partial charge in [0, 0.05) is 18.4 Å². The standard InChI is InChI=1S/C14H13N3O/c18-14(12-7-3-9-15-16-12)17-10-4-6-11-5-1-2-8-13(11)17/h1-3,5,7-9H,4,6,10H2. The van der Waals surface area contributed by atoms with E-state index in [9.17, 15) is 4.79 Å². The highest BCUT2D eigenvalue weighted by Gasteiger charge is 2.23. The van der Waals surface area contributed by atoms with Gasteiger partial charge in [-0.2, -0.15) is 5.10 Å². The highest BCUT2D eigenvalue weighted by molar-refractivity contribution is 6.05. The molecule has 3 rings (SSSR count). The number of hydrogen-bond donors (Lipinski definition) is 0. The Morgan fingerprint density at radius 3 is 2.89 bits per heavy atom. The van der Waals surface area contributed by atoms with Crippen LogP contribution in [0.4, 0.5) is 5.69 Å². The Bertz CT molecular complexity index is 568. The number of para-hydroxylation sites is 1. The van der Waals surface area contributed by atoms with Crippen LogP contribution in [0.1, 0.15) is 22.5 Å². The van der Waals surface area contributed by atoms with Gasteiger partial charge in [0.1, 0.15) is 0 Å². The molecule has 1 aliphatic rings. The maximum absolute atomic E-state index is 12.4. The van der Waals surface area contributed by atoms with Crippen LogP contribution in [0.15, 0.2) is 42.6 Å². The Kier molecular flexibility index (Phi) is 2.76. The van der Waals surface area contributed by atoms with E-state index in [2.05, 4.69) is 16.3 Å². The van der Waals surface area contributed by atoms with E-state index in [0.29, 0.717) is 5.69 Å². The number of nitrogens with zero attached hydrogens (tertiary/aromatic N) is 3. The summed E-state index contributed by atoms with van der Waals surface area (Å²) >= 11 is 0. The molecule has 0 fully saturated rings. The predicted octanol–water partition coefficient (Wildman–Crippen LogP) is 2.07. The first-order valence-electron chi connectivity index (χ1n) is 6.04. The van der Waals surface area contributed by atoms with Gasteiger partial charge in [0.2, 0.25) is 0 Å². The first kappa shape index (κ1) is 10.9. The fraction of sp³-hybridized carbons (Fsp3) is 0.214. The van der Waals surface area contributed by atoms with Crippen LogP contribution in [-0.4, -0.2) is 22.6 Å². The molecule has 0 unspecified atom stereocenters. The fourth-order valence-corrected chi connectivity index (χ4v) is 2.30. The summed E-state index contributed by atoms with van der Waals surface area (Å²) in [4.78, 5) is 14.2. The largest absolute Gasteiger partial charge is 0.307 e. The van der Waals surface area contributed by atoms with E-state index in [1.165, 1.54) is 5.56 Å². The molecule has 1 aromatic carbocycles. The molecule has 0 atom stereocenters. The molecule has 1 aromatic heterocycles. The van der Waals surface area contributed by atoms with E-state index >= 15 is 0 Å². The van der Waals surface area contributed by atoms with E-state index < -0.39 is 0 Å². The number of aryl methyl sites for hydroxylation is 1. The van der Waals surface area contributed by atoms with Crippen molar-refractivity contribution in [2.24, 2.45) is 0 Å². The molecule has 2 aromatic rings. The average molecular weight is 239 g/mol. The lowest BCUT2D eigenvalue weighted by molar-refractivity contribution is 0.0979. The summed E-state index contributed by atoms with van der Waals surface area (Å²) < 4.78 is 0. The topological polar surface area (TPSA) is 46.1 Å². The molecular formula is C14H13N3O. The number of rotatable bonds is 1. The van der Waals surface area contributed by atoms with Crippen LogP contribution in [0.3, 0.4) is 0 Å². The van der Waals surface area contributed by atoms with Crippen LogP contribution in [-0.2, 0) is 6.42 Å². The molecule has 1 aliphatic heterocycles. The molecule has 0 N–H and O–H groups in total. The molecule has 4 nitrogen and oxygen atoms in total. The molecule has 4 heteroatoms. The third kappa shape index (κ3) is 1.86. The van der Waals surface area contributed by atoms with Crippen molar-refractivity contribution in [3.63, 3.8) is 0 Å². The van der Waals surface area contributed by atoms with Gasteiger partial charge in [0.15, 0.2) is 5.69 Å². The second kappa shape index (κ2) is 4.56. The Balaban J connectivity index is 1.97. The van der Waals surface area contributed by atoms with Gasteiger partial charge in [-0.1, -0.05) is 18.2 Å². The number of anilines is 1. The summed E-state index contributed by atoms with van der Waals surface area (Å²) in [6, 6.07) is 11.5. The lowest BCUT2D eigenvalue weighted by atomic mass is 10.0. The Morgan fingerprint density at radius 2 is 2.06 bits per heavy atom. The number of hydrogen-bond acceptors (Lipinski definition) is 3. The molecule has 0 spiro atoms. The SMILES string of the molecule is O=C(c1cccnn1)N1CCCc2ccccc21. The Hall–Kier alpha value is -2.23. The predicted molar refractivity (Wildman–Crippen MR) is 68.5 cm³/mol. The van der Waals surface area contributed by atoms with Crippen LogP contribution in [0, 0.1) is 0 Å². The third-order valence-corrected chi connectivity index (χ3v) is 3.15. The molecule has 0 aliphatic carbocycles. The van der Waals surface area contributed by atoms with Gasteiger partial charge in [0.25, 0.3) is 5.91 Å². The average Bonchev–Trinajstić information content (AvgIpc) is 2.47. The van der Waals surface area contributed by atoms with Crippen molar-refractivity contribution >= 4 is 11.6 Å². The molecule has 0 saturated carbocycles. The Morgan fingerprint density at radius 1 is 1.17 bits per heavy atom. The molecule has 2 heterocycles. The minimum Gasteiger partial charge on any atom is -0.307 e. The van der Waals surface area contributed by atoms with Crippen LogP contribution in [0.2, 0.25) is 0 Å². The smallest absolute Gasteiger partial charge is 0.278 e. The second-order valence-electron chi connectivity index (χ2n) is 4.30. The molecule has 0 saturated heterocycles. The van der Waals surface area contributed by atoms with Crippen LogP contribution in [0.5, 0.6) is 0 Å². The zero-order chi connectivity index (χ0) is 12.4. The van der Waals surface area contributed by atoms with Crippen molar-refractivity contribution in [1.82, 2.24) is 10.2 Å². The normalized spacial score (nSPS) is 14.1. The van der Waals surface area contributed by atoms with Gasteiger partial charge in [-0.05, 0) is 36.6 Å². The molecule has 0 radical (unpaired) electrons. The highest BCUT2D eigenvalue weighted by atomic mass is 16.2. The van der Waals surface area contributed by atoms with Gasteiger partial charge >= 0.3 is 0 Å². The van der Waals surface area contributed by atoms with Gasteiger partial charge in [0.05, 0.1) is 0 Å². The van der Waals surface area contributed by atoms with E-state index in [0.717, 1.165) is 25.1 Å². The number of carbonyl (C=O) groups excluding carboxylic acids is 1. The lowest BCUT2D eigenvalue weighted by Crippen LogP contribution is -2.36. The number of benzene rings is 1. The first-order chi connectivity index (χ1) is 8.86. The number of aromatic nitrogens is 2. The number of amides is 1. The summed E-state index contributed by atoms with van der Waals surface area (Å²) in [5.74, 6) is -0.0738. The van der Waals surface area contributed by atoms with Crippen molar-refractivity contribution in [1.29, 1.82) is 0 Å². The van der Waals surface area contributed by atoms with Crippen molar-refractivity contribution in [2.45, 2.75) is 12.8 Å². The van der Waals surface area contributed by atoms with Crippen LogP contribution in [0.25, 0.3) is 0 Å². The van der Waals surface area contributed by atoms with E-state index in [4.69, 9.17) is 0 Å². The van der Waals surface area contributed by atoms with Crippen LogP contribution >= 0.6 is 0 Å². The second-order valence-corrected chi connectivity index (χ2v) is 4.30. The quantitative estimate of drug-likeness (QED) is 0.765. The minimum absolute atomic E-state index is 0.0738. The van der Waals surface area contributed by atoms with Gasteiger partial charge < -0.3 is 4.90 Å². The highest BCUT2D eigenvalue weighted by Crippen LogP contribution is 2.27. The molecule has 18 heavy (non-hydrogen) atoms. The third-order valence-electron chi connectivity index (χ3n) is 3.15. The van der Waals surface area contributed by atoms with Crippen molar-refractivity contribution in [3.8, 4) is 0 Å². The van der Waals surface area contributed by atoms with Crippen molar-refractivity contribution in [3.05, 3.63) is 53.9 Å².